The largest absolute Gasteiger partial charge is 0.462 e. The Morgan fingerprint density at radius 1 is 1.39 bits per heavy atom. The Morgan fingerprint density at radius 3 is 2.11 bits per heavy atom. The van der Waals surface area contributed by atoms with Gasteiger partial charge >= 0.3 is 13.6 Å². The molecule has 0 aliphatic carbocycles. The lowest BCUT2D eigenvalue weighted by Gasteiger charge is -2.21. The molecule has 0 saturated carbocycles. The van der Waals surface area contributed by atoms with Gasteiger partial charge in [-0.25, -0.2) is 4.79 Å². The number of esters is 1. The first-order valence-electron chi connectivity index (χ1n) is 5.27. The summed E-state index contributed by atoms with van der Waals surface area (Å²) in [7, 11) is 2.11. The number of carbonyl (C=O) groups is 1. The quantitative estimate of drug-likeness (QED) is 0.265. The van der Waals surface area contributed by atoms with Crippen LogP contribution in [0.5, 0.6) is 0 Å². The number of ether oxygens (including phenoxy) is 1. The Morgan fingerprint density at radius 2 is 1.89 bits per heavy atom. The fourth-order valence-electron chi connectivity index (χ4n) is 0.624. The van der Waals surface area contributed by atoms with Gasteiger partial charge in [-0.3, -0.25) is 4.57 Å². The summed E-state index contributed by atoms with van der Waals surface area (Å²) < 4.78 is 15.3. The number of carbonyl (C=O) groups excluding carboxylic acids is 1. The number of hydrogen-bond donors (Lipinski definition) is 3. The van der Waals surface area contributed by atoms with Crippen LogP contribution in [0.3, 0.4) is 0 Å². The summed E-state index contributed by atoms with van der Waals surface area (Å²) in [6.07, 6.45) is 0.478. The van der Waals surface area contributed by atoms with Crippen molar-refractivity contribution < 1.29 is 33.5 Å². The molecular formula is C10H23NO6P+. The van der Waals surface area contributed by atoms with E-state index in [-0.39, 0.29) is 13.2 Å². The van der Waals surface area contributed by atoms with E-state index in [1.165, 1.54) is 0 Å². The van der Waals surface area contributed by atoms with E-state index in [9.17, 15) is 9.36 Å². The second-order valence-corrected chi connectivity index (χ2v) is 6.27. The molecule has 0 unspecified atom stereocenters. The zero-order valence-corrected chi connectivity index (χ0v) is 12.0. The van der Waals surface area contributed by atoms with Crippen LogP contribution in [0.15, 0.2) is 12.7 Å². The first kappa shape index (κ1) is 19.6. The molecule has 18 heavy (non-hydrogen) atoms. The minimum atomic E-state index is -4.04. The summed E-state index contributed by atoms with van der Waals surface area (Å²) in [5.41, 5.74) is 0. The smallest absolute Gasteiger partial charge is 0.330 e. The van der Waals surface area contributed by atoms with Gasteiger partial charge in [0.1, 0.15) is 13.2 Å². The van der Waals surface area contributed by atoms with Crippen molar-refractivity contribution in [3.8, 4) is 0 Å². The van der Waals surface area contributed by atoms with Crippen molar-refractivity contribution in [3.63, 3.8) is 0 Å². The lowest BCUT2D eigenvalue weighted by atomic mass is 10.5. The average molecular weight is 284 g/mol. The molecule has 0 aliphatic heterocycles. The van der Waals surface area contributed by atoms with Crippen molar-refractivity contribution in [3.05, 3.63) is 12.7 Å². The van der Waals surface area contributed by atoms with Crippen LogP contribution in [-0.2, 0) is 14.1 Å². The molecule has 0 saturated heterocycles. The molecule has 3 N–H and O–H groups in total. The molecular weight excluding hydrogens is 261 g/mol. The second-order valence-electron chi connectivity index (χ2n) is 4.50. The molecule has 0 aliphatic rings. The molecule has 0 bridgehead atoms. The van der Waals surface area contributed by atoms with E-state index in [2.05, 4.69) is 32.5 Å². The van der Waals surface area contributed by atoms with Crippen LogP contribution in [-0.4, -0.2) is 72.4 Å². The molecule has 0 spiro atoms. The van der Waals surface area contributed by atoms with Crippen molar-refractivity contribution in [1.29, 1.82) is 0 Å². The highest BCUT2D eigenvalue weighted by atomic mass is 31.2. The molecule has 0 aromatic rings. The highest BCUT2D eigenvalue weighted by Gasteiger charge is 2.12. The fraction of sp³-hybridized carbons (Fsp3) is 0.700. The topological polar surface area (TPSA) is 104 Å². The summed E-state index contributed by atoms with van der Waals surface area (Å²) in [6, 6.07) is 0. The maximum atomic E-state index is 10.3. The molecule has 0 aromatic heterocycles. The molecule has 0 aromatic carbocycles. The Hall–Kier alpha value is -0.720. The highest BCUT2D eigenvalue weighted by Crippen LogP contribution is 2.33. The molecule has 0 radical (unpaired) electrons. The molecule has 7 nitrogen and oxygen atoms in total. The number of hydrogen-bond acceptors (Lipinski definition) is 4. The molecule has 0 fully saturated rings. The van der Waals surface area contributed by atoms with Crippen LogP contribution in [0, 0.1) is 0 Å². The van der Waals surface area contributed by atoms with Gasteiger partial charge in [-0.05, 0) is 0 Å². The van der Waals surface area contributed by atoms with Crippen LogP contribution in [0.1, 0.15) is 0 Å². The number of nitrogens with zero attached hydrogens (tertiary/aromatic N) is 1. The SMILES string of the molecule is C=CC(=O)OCCP(=O)(O)O.C[N+](C)(C)CCO. The lowest BCUT2D eigenvalue weighted by molar-refractivity contribution is -0.870. The van der Waals surface area contributed by atoms with Crippen molar-refractivity contribution in [2.24, 2.45) is 0 Å². The monoisotopic (exact) mass is 284 g/mol. The third kappa shape index (κ3) is 20.7. The minimum absolute atomic E-state index is 0.281. The average Bonchev–Trinajstić information content (AvgIpc) is 2.14. The second kappa shape index (κ2) is 9.24. The van der Waals surface area contributed by atoms with Gasteiger partial charge in [0.2, 0.25) is 0 Å². The molecule has 0 amide bonds. The van der Waals surface area contributed by atoms with E-state index >= 15 is 0 Å². The predicted molar refractivity (Wildman–Crippen MR) is 68.1 cm³/mol. The van der Waals surface area contributed by atoms with Gasteiger partial charge in [0, 0.05) is 6.08 Å². The third-order valence-electron chi connectivity index (χ3n) is 1.56. The van der Waals surface area contributed by atoms with Crippen molar-refractivity contribution in [2.75, 3.05) is 47.1 Å². The van der Waals surface area contributed by atoms with Gasteiger partial charge in [0.15, 0.2) is 0 Å². The number of rotatable bonds is 6. The minimum Gasteiger partial charge on any atom is -0.462 e. The first-order valence-corrected chi connectivity index (χ1v) is 7.06. The Bertz CT molecular complexity index is 293. The molecule has 108 valence electrons. The zero-order chi connectivity index (χ0) is 14.8. The molecule has 0 heterocycles. The van der Waals surface area contributed by atoms with E-state index in [4.69, 9.17) is 14.9 Å². The van der Waals surface area contributed by atoms with E-state index < -0.39 is 19.7 Å². The van der Waals surface area contributed by atoms with Crippen LogP contribution in [0.4, 0.5) is 0 Å². The van der Waals surface area contributed by atoms with Gasteiger partial charge in [-0.1, -0.05) is 6.58 Å². The first-order chi connectivity index (χ1) is 8.02. The van der Waals surface area contributed by atoms with E-state index in [1.54, 1.807) is 0 Å². The van der Waals surface area contributed by atoms with Crippen LogP contribution < -0.4 is 0 Å². The molecule has 0 atom stereocenters. The van der Waals surface area contributed by atoms with Gasteiger partial charge in [0.25, 0.3) is 0 Å². The number of aliphatic hydroxyl groups excluding tert-OH is 1. The third-order valence-corrected chi connectivity index (χ3v) is 2.33. The fourth-order valence-corrected chi connectivity index (χ4v) is 0.953. The number of quaternary nitrogens is 1. The van der Waals surface area contributed by atoms with Gasteiger partial charge in [0.05, 0.1) is 33.9 Å². The predicted octanol–water partition coefficient (Wildman–Crippen LogP) is -0.422. The van der Waals surface area contributed by atoms with Crippen molar-refractivity contribution in [1.82, 2.24) is 0 Å². The van der Waals surface area contributed by atoms with Gasteiger partial charge < -0.3 is 24.1 Å². The summed E-state index contributed by atoms with van der Waals surface area (Å²) in [4.78, 5) is 26.9. The standard InChI is InChI=1S/C5H14NO.C5H9O5P/c1-6(2,3)4-5-7;1-2-5(6)10-3-4-11(7,8)9/h7H,4-5H2,1-3H3;2H,1,3-4H2,(H2,7,8,9)/q+1;. The summed E-state index contributed by atoms with van der Waals surface area (Å²) in [6.45, 7) is 3.94. The normalized spacial score (nSPS) is 11.2. The molecule has 8 heteroatoms. The van der Waals surface area contributed by atoms with Gasteiger partial charge in [-0.15, -0.1) is 0 Å². The van der Waals surface area contributed by atoms with Gasteiger partial charge in [-0.2, -0.15) is 0 Å². The highest BCUT2D eigenvalue weighted by molar-refractivity contribution is 7.51. The van der Waals surface area contributed by atoms with E-state index in [1.807, 2.05) is 0 Å². The maximum absolute atomic E-state index is 10.3. The summed E-state index contributed by atoms with van der Waals surface area (Å²) in [5.74, 6) is -0.682. The van der Waals surface area contributed by atoms with Crippen molar-refractivity contribution >= 4 is 13.6 Å². The summed E-state index contributed by atoms with van der Waals surface area (Å²) in [5, 5.41) is 8.39. The number of aliphatic hydroxyl groups is 1. The van der Waals surface area contributed by atoms with Crippen molar-refractivity contribution in [2.45, 2.75) is 0 Å². The lowest BCUT2D eigenvalue weighted by Crippen LogP contribution is -2.36. The Kier molecular flexibility index (Phi) is 10.1. The zero-order valence-electron chi connectivity index (χ0n) is 11.1. The van der Waals surface area contributed by atoms with E-state index in [0.29, 0.717) is 0 Å². The molecule has 0 rings (SSSR count). The Labute approximate surface area is 107 Å². The summed E-state index contributed by atoms with van der Waals surface area (Å²) >= 11 is 0. The van der Waals surface area contributed by atoms with E-state index in [0.717, 1.165) is 17.1 Å². The maximum Gasteiger partial charge on any atom is 0.330 e. The number of likely N-dealkylation sites (N-methyl/N-ethyl adjacent to an activating group) is 1. The Balaban J connectivity index is 0. The van der Waals surface area contributed by atoms with Crippen LogP contribution >= 0.6 is 7.60 Å². The van der Waals surface area contributed by atoms with Crippen LogP contribution in [0.25, 0.3) is 0 Å². The van der Waals surface area contributed by atoms with Crippen LogP contribution in [0.2, 0.25) is 0 Å².